The molecule has 0 aliphatic heterocycles. The summed E-state index contributed by atoms with van der Waals surface area (Å²) in [5, 5.41) is 12.4. The number of aryl methyl sites for hydroxylation is 1. The molecule has 4 rings (SSSR count). The molecule has 2 heterocycles. The minimum Gasteiger partial charge on any atom is -0.394 e. The van der Waals surface area contributed by atoms with E-state index in [1.165, 1.54) is 36.7 Å². The lowest BCUT2D eigenvalue weighted by atomic mass is 10.1. The molecule has 0 saturated carbocycles. The summed E-state index contributed by atoms with van der Waals surface area (Å²) < 4.78 is 55.3. The third-order valence-corrected chi connectivity index (χ3v) is 5.44. The van der Waals surface area contributed by atoms with Crippen LogP contribution in [0.5, 0.6) is 0 Å². The third-order valence-electron chi connectivity index (χ3n) is 5.44. The van der Waals surface area contributed by atoms with Crippen LogP contribution < -0.4 is 10.8 Å². The second-order valence-corrected chi connectivity index (χ2v) is 8.01. The largest absolute Gasteiger partial charge is 0.416 e. The molecular formula is C25H22F4N4O3. The Hall–Kier alpha value is -3.96. The molecule has 0 bridgehead atoms. The smallest absolute Gasteiger partial charge is 0.394 e. The molecular weight excluding hydrogens is 480 g/mol. The van der Waals surface area contributed by atoms with E-state index in [-0.39, 0.29) is 36.8 Å². The number of carbonyl (C=O) groups is 1. The molecule has 36 heavy (non-hydrogen) atoms. The molecule has 0 spiro atoms. The Labute approximate surface area is 203 Å². The van der Waals surface area contributed by atoms with Gasteiger partial charge in [0.15, 0.2) is 0 Å². The number of hydrogen-bond donors (Lipinski definition) is 3. The van der Waals surface area contributed by atoms with Crippen LogP contribution in [0.2, 0.25) is 0 Å². The number of carbonyl (C=O) groups excluding carboxylic acids is 1. The molecule has 1 amide bonds. The number of hydroxylamine groups is 1. The van der Waals surface area contributed by atoms with E-state index in [0.29, 0.717) is 22.0 Å². The minimum absolute atomic E-state index is 0.0272. The summed E-state index contributed by atoms with van der Waals surface area (Å²) in [7, 11) is 0. The number of alkyl halides is 3. The van der Waals surface area contributed by atoms with Gasteiger partial charge in [-0.25, -0.2) is 9.87 Å². The van der Waals surface area contributed by atoms with Crippen molar-refractivity contribution in [2.75, 3.05) is 18.5 Å². The number of nitrogens with zero attached hydrogens (tertiary/aromatic N) is 2. The van der Waals surface area contributed by atoms with Crippen molar-refractivity contribution in [1.29, 1.82) is 0 Å². The summed E-state index contributed by atoms with van der Waals surface area (Å²) >= 11 is 0. The van der Waals surface area contributed by atoms with Crippen molar-refractivity contribution in [3.63, 3.8) is 0 Å². The van der Waals surface area contributed by atoms with Crippen molar-refractivity contribution >= 4 is 28.2 Å². The number of aliphatic hydroxyl groups excluding tert-OH is 1. The topological polar surface area (TPSA) is 88.4 Å². The first-order valence-electron chi connectivity index (χ1n) is 10.9. The SMILES string of the molecule is Cc1ccc(Nc2c(C(=O)NOCCO)n(Cc3ccc(C(F)(F)F)cc3)c3ccncc23)c(F)c1. The molecule has 4 aromatic rings. The molecule has 7 nitrogen and oxygen atoms in total. The van der Waals surface area contributed by atoms with Crippen molar-refractivity contribution in [2.45, 2.75) is 19.6 Å². The third kappa shape index (κ3) is 5.31. The van der Waals surface area contributed by atoms with Crippen LogP contribution in [0.25, 0.3) is 10.9 Å². The van der Waals surface area contributed by atoms with E-state index in [9.17, 15) is 22.4 Å². The van der Waals surface area contributed by atoms with Crippen LogP contribution in [-0.4, -0.2) is 33.8 Å². The molecule has 0 radical (unpaired) electrons. The van der Waals surface area contributed by atoms with Gasteiger partial charge in [-0.15, -0.1) is 0 Å². The van der Waals surface area contributed by atoms with Crippen LogP contribution in [0.3, 0.4) is 0 Å². The molecule has 0 aliphatic carbocycles. The van der Waals surface area contributed by atoms with Crippen LogP contribution in [-0.2, 0) is 17.6 Å². The van der Waals surface area contributed by atoms with Gasteiger partial charge in [0.2, 0.25) is 0 Å². The van der Waals surface area contributed by atoms with E-state index in [1.54, 1.807) is 23.6 Å². The fourth-order valence-electron chi connectivity index (χ4n) is 3.77. The Kier molecular flexibility index (Phi) is 7.22. The maximum atomic E-state index is 14.7. The number of pyridine rings is 1. The molecule has 0 saturated heterocycles. The first-order chi connectivity index (χ1) is 17.2. The number of amides is 1. The number of benzene rings is 2. The second kappa shape index (κ2) is 10.3. The van der Waals surface area contributed by atoms with Gasteiger partial charge in [0.05, 0.1) is 35.7 Å². The maximum Gasteiger partial charge on any atom is 0.416 e. The molecule has 3 N–H and O–H groups in total. The van der Waals surface area contributed by atoms with Gasteiger partial charge in [-0.05, 0) is 48.4 Å². The maximum absolute atomic E-state index is 14.7. The fourth-order valence-corrected chi connectivity index (χ4v) is 3.77. The van der Waals surface area contributed by atoms with Crippen molar-refractivity contribution in [3.8, 4) is 0 Å². The number of anilines is 2. The zero-order valence-corrected chi connectivity index (χ0v) is 19.1. The van der Waals surface area contributed by atoms with E-state index in [0.717, 1.165) is 12.1 Å². The van der Waals surface area contributed by atoms with Crippen LogP contribution in [0.4, 0.5) is 28.9 Å². The molecule has 0 atom stereocenters. The summed E-state index contributed by atoms with van der Waals surface area (Å²) in [4.78, 5) is 22.3. The Bertz CT molecular complexity index is 1380. The van der Waals surface area contributed by atoms with E-state index in [4.69, 9.17) is 9.94 Å². The van der Waals surface area contributed by atoms with Crippen molar-refractivity contribution in [2.24, 2.45) is 0 Å². The Morgan fingerprint density at radius 1 is 1.14 bits per heavy atom. The number of nitrogens with one attached hydrogen (secondary N) is 2. The van der Waals surface area contributed by atoms with Gasteiger partial charge >= 0.3 is 6.18 Å². The predicted molar refractivity (Wildman–Crippen MR) is 125 cm³/mol. The average molecular weight is 502 g/mol. The van der Waals surface area contributed by atoms with E-state index in [2.05, 4.69) is 15.8 Å². The standard InChI is InChI=1S/C25H22F4N4O3/c1-15-2-7-20(19(26)12-15)31-22-18-13-30-9-8-21(18)33(23(22)24(35)32-36-11-10-34)14-16-3-5-17(6-4-16)25(27,28)29/h2-9,12-13,31,34H,10-11,14H2,1H3,(H,32,35). The Morgan fingerprint density at radius 2 is 1.89 bits per heavy atom. The highest BCUT2D eigenvalue weighted by atomic mass is 19.4. The van der Waals surface area contributed by atoms with E-state index < -0.39 is 23.5 Å². The summed E-state index contributed by atoms with van der Waals surface area (Å²) in [5.74, 6) is -1.24. The number of hydrogen-bond acceptors (Lipinski definition) is 5. The summed E-state index contributed by atoms with van der Waals surface area (Å²) in [6.45, 7) is 1.27. The van der Waals surface area contributed by atoms with Gasteiger partial charge in [0.1, 0.15) is 11.5 Å². The second-order valence-electron chi connectivity index (χ2n) is 8.01. The molecule has 0 fully saturated rings. The number of fused-ring (bicyclic) bond motifs is 1. The number of aromatic nitrogens is 2. The highest BCUT2D eigenvalue weighted by Gasteiger charge is 2.30. The van der Waals surface area contributed by atoms with Crippen LogP contribution in [0.1, 0.15) is 27.2 Å². The molecule has 188 valence electrons. The zero-order chi connectivity index (χ0) is 25.9. The molecule has 0 aliphatic rings. The molecule has 2 aromatic carbocycles. The Balaban J connectivity index is 1.83. The van der Waals surface area contributed by atoms with Gasteiger partial charge in [-0.2, -0.15) is 13.2 Å². The van der Waals surface area contributed by atoms with Crippen molar-refractivity contribution < 1.29 is 32.3 Å². The lowest BCUT2D eigenvalue weighted by molar-refractivity contribution is -0.137. The normalized spacial score (nSPS) is 11.6. The number of halogens is 4. The van der Waals surface area contributed by atoms with E-state index >= 15 is 0 Å². The van der Waals surface area contributed by atoms with Crippen molar-refractivity contribution in [1.82, 2.24) is 15.0 Å². The summed E-state index contributed by atoms with van der Waals surface area (Å²) in [5.41, 5.74) is 3.58. The minimum atomic E-state index is -4.48. The van der Waals surface area contributed by atoms with Crippen LogP contribution >= 0.6 is 0 Å². The Morgan fingerprint density at radius 3 is 2.56 bits per heavy atom. The van der Waals surface area contributed by atoms with Gasteiger partial charge in [0, 0.05) is 24.3 Å². The van der Waals surface area contributed by atoms with Gasteiger partial charge in [0.25, 0.3) is 5.91 Å². The summed E-state index contributed by atoms with van der Waals surface area (Å²) in [6.07, 6.45) is -1.47. The highest BCUT2D eigenvalue weighted by Crippen LogP contribution is 2.35. The van der Waals surface area contributed by atoms with Crippen molar-refractivity contribution in [3.05, 3.63) is 89.1 Å². The quantitative estimate of drug-likeness (QED) is 0.180. The van der Waals surface area contributed by atoms with Gasteiger partial charge in [-0.1, -0.05) is 18.2 Å². The van der Waals surface area contributed by atoms with Crippen LogP contribution in [0, 0.1) is 12.7 Å². The van der Waals surface area contributed by atoms with Gasteiger partial charge < -0.3 is 15.0 Å². The monoisotopic (exact) mass is 502 g/mol. The number of rotatable bonds is 8. The lowest BCUT2D eigenvalue weighted by Crippen LogP contribution is -2.28. The van der Waals surface area contributed by atoms with Gasteiger partial charge in [-0.3, -0.25) is 14.6 Å². The number of aliphatic hydroxyl groups is 1. The predicted octanol–water partition coefficient (Wildman–Crippen LogP) is 4.95. The zero-order valence-electron chi connectivity index (χ0n) is 19.1. The lowest BCUT2D eigenvalue weighted by Gasteiger charge is -2.14. The highest BCUT2D eigenvalue weighted by molar-refractivity contribution is 6.09. The molecule has 2 aromatic heterocycles. The molecule has 11 heteroatoms. The fraction of sp³-hybridized carbons (Fsp3) is 0.200. The average Bonchev–Trinajstić information content (AvgIpc) is 3.14. The molecule has 0 unspecified atom stereocenters. The summed E-state index contributed by atoms with van der Waals surface area (Å²) in [6, 6.07) is 10.8. The first-order valence-corrected chi connectivity index (χ1v) is 10.9. The first kappa shape index (κ1) is 25.1. The van der Waals surface area contributed by atoms with Crippen LogP contribution in [0.15, 0.2) is 60.9 Å². The van der Waals surface area contributed by atoms with E-state index in [1.807, 2.05) is 0 Å².